The molecule has 0 radical (unpaired) electrons. The minimum atomic E-state index is -0.692. The number of nitrogens with zero attached hydrogens (tertiary/aromatic N) is 1. The van der Waals surface area contributed by atoms with Crippen molar-refractivity contribution >= 4 is 43.9 Å². The highest BCUT2D eigenvalue weighted by molar-refractivity contribution is 7.22. The number of anilines is 1. The lowest BCUT2D eigenvalue weighted by atomic mass is 10.1. The fourth-order valence-corrected chi connectivity index (χ4v) is 3.44. The van der Waals surface area contributed by atoms with E-state index in [4.69, 9.17) is 5.73 Å². The van der Waals surface area contributed by atoms with Crippen molar-refractivity contribution in [3.63, 3.8) is 0 Å². The zero-order valence-corrected chi connectivity index (χ0v) is 12.6. The number of hydrogen-bond acceptors (Lipinski definition) is 6. The molecule has 4 N–H and O–H groups in total. The number of aliphatic hydroxyl groups is 1. The number of nitrogens with two attached hydrogens (primary N) is 1. The number of rotatable bonds is 4. The lowest BCUT2D eigenvalue weighted by Crippen LogP contribution is -2.28. The fourth-order valence-electron chi connectivity index (χ4n) is 1.96. The first-order chi connectivity index (χ1) is 10.1. The van der Waals surface area contributed by atoms with E-state index in [1.54, 1.807) is 18.2 Å². The van der Waals surface area contributed by atoms with Crippen molar-refractivity contribution < 1.29 is 9.90 Å². The molecular formula is C14H13N3O2S2. The number of benzene rings is 1. The summed E-state index contributed by atoms with van der Waals surface area (Å²) in [5.41, 5.74) is 7.77. The monoisotopic (exact) mass is 319 g/mol. The number of aromatic nitrogens is 1. The van der Waals surface area contributed by atoms with Gasteiger partial charge in [0.25, 0.3) is 5.91 Å². The molecule has 0 bridgehead atoms. The van der Waals surface area contributed by atoms with Gasteiger partial charge in [-0.25, -0.2) is 4.98 Å². The van der Waals surface area contributed by atoms with Gasteiger partial charge in [0, 0.05) is 12.1 Å². The van der Waals surface area contributed by atoms with E-state index in [0.717, 1.165) is 15.8 Å². The summed E-state index contributed by atoms with van der Waals surface area (Å²) < 4.78 is 0.874. The first kappa shape index (κ1) is 14.0. The Morgan fingerprint density at radius 2 is 2.29 bits per heavy atom. The van der Waals surface area contributed by atoms with Crippen LogP contribution in [0.15, 0.2) is 35.0 Å². The summed E-state index contributed by atoms with van der Waals surface area (Å²) in [6.07, 6.45) is -0.692. The second kappa shape index (κ2) is 5.80. The number of fused-ring (bicyclic) bond motifs is 1. The van der Waals surface area contributed by atoms with Gasteiger partial charge in [-0.15, -0.1) is 0 Å². The number of carbonyl (C=O) groups is 1. The Bertz CT molecular complexity index is 768. The van der Waals surface area contributed by atoms with Crippen LogP contribution in [0.5, 0.6) is 0 Å². The molecule has 1 aromatic carbocycles. The van der Waals surface area contributed by atoms with Gasteiger partial charge in [0.15, 0.2) is 5.13 Å². The largest absolute Gasteiger partial charge is 0.387 e. The lowest BCUT2D eigenvalue weighted by molar-refractivity contribution is 0.0916. The van der Waals surface area contributed by atoms with Crippen LogP contribution in [0, 0.1) is 0 Å². The van der Waals surface area contributed by atoms with Gasteiger partial charge in [-0.3, -0.25) is 4.79 Å². The molecule has 0 spiro atoms. The van der Waals surface area contributed by atoms with E-state index in [0.29, 0.717) is 10.7 Å². The van der Waals surface area contributed by atoms with E-state index in [1.165, 1.54) is 22.7 Å². The van der Waals surface area contributed by atoms with Crippen LogP contribution in [0.3, 0.4) is 0 Å². The molecule has 0 aliphatic carbocycles. The standard InChI is InChI=1S/C14H13N3O2S2/c15-14-17-10-2-1-8(5-12(10)21-14)13(19)16-6-11(18)9-3-4-20-7-9/h1-5,7,11,18H,6H2,(H2,15,17)(H,16,19). The lowest BCUT2D eigenvalue weighted by Gasteiger charge is -2.10. The molecule has 0 saturated carbocycles. The summed E-state index contributed by atoms with van der Waals surface area (Å²) in [5, 5.41) is 16.9. The average molecular weight is 319 g/mol. The molecule has 1 amide bonds. The molecule has 2 heterocycles. The smallest absolute Gasteiger partial charge is 0.251 e. The van der Waals surface area contributed by atoms with E-state index < -0.39 is 6.10 Å². The Morgan fingerprint density at radius 3 is 3.05 bits per heavy atom. The maximum atomic E-state index is 12.1. The third kappa shape index (κ3) is 3.05. The number of carbonyl (C=O) groups excluding carboxylic acids is 1. The number of hydrogen-bond donors (Lipinski definition) is 3. The fraction of sp³-hybridized carbons (Fsp3) is 0.143. The van der Waals surface area contributed by atoms with E-state index in [9.17, 15) is 9.90 Å². The summed E-state index contributed by atoms with van der Waals surface area (Å²) in [5.74, 6) is -0.224. The maximum Gasteiger partial charge on any atom is 0.251 e. The topological polar surface area (TPSA) is 88.2 Å². The number of aliphatic hydroxyl groups excluding tert-OH is 1. The van der Waals surface area contributed by atoms with Crippen molar-refractivity contribution in [1.82, 2.24) is 10.3 Å². The van der Waals surface area contributed by atoms with Crippen LogP contribution in [0.2, 0.25) is 0 Å². The minimum Gasteiger partial charge on any atom is -0.387 e. The summed E-state index contributed by atoms with van der Waals surface area (Å²) >= 11 is 2.86. The number of nitrogens with one attached hydrogen (secondary N) is 1. The highest BCUT2D eigenvalue weighted by Gasteiger charge is 2.12. The Balaban J connectivity index is 1.69. The second-order valence-corrected chi connectivity index (χ2v) is 6.36. The van der Waals surface area contributed by atoms with Crippen LogP contribution in [-0.4, -0.2) is 22.5 Å². The van der Waals surface area contributed by atoms with Gasteiger partial charge in [-0.2, -0.15) is 11.3 Å². The van der Waals surface area contributed by atoms with Gasteiger partial charge in [0.05, 0.1) is 16.3 Å². The van der Waals surface area contributed by atoms with Gasteiger partial charge in [-0.1, -0.05) is 11.3 Å². The van der Waals surface area contributed by atoms with Crippen molar-refractivity contribution in [2.75, 3.05) is 12.3 Å². The van der Waals surface area contributed by atoms with Crippen LogP contribution in [0.4, 0.5) is 5.13 Å². The Morgan fingerprint density at radius 1 is 1.43 bits per heavy atom. The number of thiophene rings is 1. The van der Waals surface area contributed by atoms with Gasteiger partial charge in [0.1, 0.15) is 0 Å². The second-order valence-electron chi connectivity index (χ2n) is 4.52. The van der Waals surface area contributed by atoms with Gasteiger partial charge in [-0.05, 0) is 40.6 Å². The molecule has 21 heavy (non-hydrogen) atoms. The number of nitrogen functional groups attached to an aromatic ring is 1. The van der Waals surface area contributed by atoms with Crippen LogP contribution in [-0.2, 0) is 0 Å². The van der Waals surface area contributed by atoms with Gasteiger partial charge < -0.3 is 16.2 Å². The highest BCUT2D eigenvalue weighted by Crippen LogP contribution is 2.24. The molecule has 3 rings (SSSR count). The van der Waals surface area contributed by atoms with Gasteiger partial charge in [0.2, 0.25) is 0 Å². The quantitative estimate of drug-likeness (QED) is 0.689. The molecule has 2 aromatic heterocycles. The SMILES string of the molecule is Nc1nc2ccc(C(=O)NCC(O)c3ccsc3)cc2s1. The first-order valence-electron chi connectivity index (χ1n) is 6.28. The Hall–Kier alpha value is -1.96. The highest BCUT2D eigenvalue weighted by atomic mass is 32.1. The van der Waals surface area contributed by atoms with Crippen molar-refractivity contribution in [2.24, 2.45) is 0 Å². The molecule has 0 aliphatic rings. The summed E-state index contributed by atoms with van der Waals surface area (Å²) in [7, 11) is 0. The molecule has 0 fully saturated rings. The molecule has 1 atom stereocenters. The van der Waals surface area contributed by atoms with E-state index in [1.807, 2.05) is 16.8 Å². The Kier molecular flexibility index (Phi) is 3.87. The normalized spacial score (nSPS) is 12.4. The summed E-state index contributed by atoms with van der Waals surface area (Å²) in [6.45, 7) is 0.179. The van der Waals surface area contributed by atoms with Crippen LogP contribution in [0.25, 0.3) is 10.2 Å². The minimum absolute atomic E-state index is 0.179. The van der Waals surface area contributed by atoms with Crippen molar-refractivity contribution in [3.8, 4) is 0 Å². The third-order valence-electron chi connectivity index (χ3n) is 3.05. The van der Waals surface area contributed by atoms with Crippen LogP contribution >= 0.6 is 22.7 Å². The molecule has 5 nitrogen and oxygen atoms in total. The van der Waals surface area contributed by atoms with E-state index in [-0.39, 0.29) is 12.5 Å². The zero-order valence-electron chi connectivity index (χ0n) is 10.9. The summed E-state index contributed by atoms with van der Waals surface area (Å²) in [6, 6.07) is 7.07. The predicted octanol–water partition coefficient (Wildman–Crippen LogP) is 2.40. The van der Waals surface area contributed by atoms with Crippen molar-refractivity contribution in [3.05, 3.63) is 46.2 Å². The average Bonchev–Trinajstić information content (AvgIpc) is 3.11. The predicted molar refractivity (Wildman–Crippen MR) is 85.6 cm³/mol. The molecule has 3 aromatic rings. The van der Waals surface area contributed by atoms with Crippen LogP contribution < -0.4 is 11.1 Å². The molecule has 7 heteroatoms. The van der Waals surface area contributed by atoms with E-state index in [2.05, 4.69) is 10.3 Å². The molecular weight excluding hydrogens is 306 g/mol. The maximum absolute atomic E-state index is 12.1. The zero-order chi connectivity index (χ0) is 14.8. The third-order valence-corrected chi connectivity index (χ3v) is 4.60. The first-order valence-corrected chi connectivity index (χ1v) is 8.04. The van der Waals surface area contributed by atoms with Crippen LogP contribution in [0.1, 0.15) is 22.0 Å². The van der Waals surface area contributed by atoms with Gasteiger partial charge >= 0.3 is 0 Å². The molecule has 108 valence electrons. The molecule has 0 aliphatic heterocycles. The molecule has 0 saturated heterocycles. The molecule has 1 unspecified atom stereocenters. The summed E-state index contributed by atoms with van der Waals surface area (Å²) in [4.78, 5) is 16.2. The van der Waals surface area contributed by atoms with Crippen molar-refractivity contribution in [1.29, 1.82) is 0 Å². The number of amides is 1. The van der Waals surface area contributed by atoms with Crippen molar-refractivity contribution in [2.45, 2.75) is 6.10 Å². The van der Waals surface area contributed by atoms with E-state index >= 15 is 0 Å². The Labute approximate surface area is 129 Å². The number of thiazole rings is 1.